The van der Waals surface area contributed by atoms with Crippen LogP contribution in [0.5, 0.6) is 0 Å². The van der Waals surface area contributed by atoms with Crippen LogP contribution in [0.2, 0.25) is 20.1 Å². The van der Waals surface area contributed by atoms with E-state index in [1.807, 2.05) is 0 Å². The fourth-order valence-electron chi connectivity index (χ4n) is 4.32. The molecule has 11 heteroatoms. The molecule has 2 unspecified atom stereocenters. The van der Waals surface area contributed by atoms with Gasteiger partial charge in [0.05, 0.1) is 16.0 Å². The van der Waals surface area contributed by atoms with Crippen molar-refractivity contribution in [3.63, 3.8) is 0 Å². The summed E-state index contributed by atoms with van der Waals surface area (Å²) in [4.78, 5) is 37.7. The van der Waals surface area contributed by atoms with Crippen molar-refractivity contribution in [2.45, 2.75) is 30.0 Å². The predicted molar refractivity (Wildman–Crippen MR) is 151 cm³/mol. The Balaban J connectivity index is 1.53. The van der Waals surface area contributed by atoms with E-state index < -0.39 is 33.7 Å². The molecule has 2 atom stereocenters. The molecule has 198 valence electrons. The lowest BCUT2D eigenvalue weighted by Crippen LogP contribution is -2.17. The van der Waals surface area contributed by atoms with Gasteiger partial charge in [-0.3, -0.25) is 14.4 Å². The maximum absolute atomic E-state index is 14.2. The molecule has 1 aliphatic carbocycles. The molecule has 4 nitrogen and oxygen atoms in total. The fraction of sp³-hybridized carbons (Fsp3) is 0.222. The zero-order chi connectivity index (χ0) is 27.9. The van der Waals surface area contributed by atoms with Gasteiger partial charge >= 0.3 is 0 Å². The van der Waals surface area contributed by atoms with E-state index in [4.69, 9.17) is 69.6 Å². The highest BCUT2D eigenvalue weighted by Crippen LogP contribution is 2.65. The Morgan fingerprint density at radius 1 is 0.921 bits per heavy atom. The highest BCUT2D eigenvalue weighted by atomic mass is 35.5. The molecular formula is C27H18Cl6FNO3. The molecule has 1 amide bonds. The first-order valence-corrected chi connectivity index (χ1v) is 13.5. The molecule has 0 aromatic heterocycles. The molecule has 1 saturated carbocycles. The van der Waals surface area contributed by atoms with Gasteiger partial charge in [0.1, 0.15) is 15.9 Å². The largest absolute Gasteiger partial charge is 0.326 e. The Morgan fingerprint density at radius 3 is 2.21 bits per heavy atom. The van der Waals surface area contributed by atoms with Crippen LogP contribution in [-0.4, -0.2) is 21.8 Å². The van der Waals surface area contributed by atoms with Crippen molar-refractivity contribution < 1.29 is 18.8 Å². The highest BCUT2D eigenvalue weighted by Gasteiger charge is 2.67. The van der Waals surface area contributed by atoms with E-state index in [0.29, 0.717) is 26.9 Å². The topological polar surface area (TPSA) is 63.2 Å². The lowest BCUT2D eigenvalue weighted by Gasteiger charge is -2.12. The second-order valence-corrected chi connectivity index (χ2v) is 12.1. The molecule has 0 radical (unpaired) electrons. The van der Waals surface area contributed by atoms with Gasteiger partial charge in [-0.2, -0.15) is 0 Å². The minimum Gasteiger partial charge on any atom is -0.326 e. The molecule has 0 bridgehead atoms. The first-order chi connectivity index (χ1) is 17.8. The molecule has 3 aromatic carbocycles. The molecule has 0 saturated heterocycles. The number of Topliss-reactive ketones (excluding diaryl/α,β-unsaturated/α-hetero) is 2. The van der Waals surface area contributed by atoms with Gasteiger partial charge in [-0.1, -0.05) is 52.5 Å². The molecule has 0 aliphatic heterocycles. The average molecular weight is 636 g/mol. The van der Waals surface area contributed by atoms with Crippen LogP contribution in [0.4, 0.5) is 10.1 Å². The van der Waals surface area contributed by atoms with Gasteiger partial charge in [-0.25, -0.2) is 4.39 Å². The number of carbonyl (C=O) groups is 3. The molecule has 0 spiro atoms. The van der Waals surface area contributed by atoms with Gasteiger partial charge < -0.3 is 5.32 Å². The van der Waals surface area contributed by atoms with E-state index in [9.17, 15) is 18.8 Å². The lowest BCUT2D eigenvalue weighted by atomic mass is 9.98. The van der Waals surface area contributed by atoms with E-state index in [1.54, 1.807) is 18.2 Å². The van der Waals surface area contributed by atoms with Gasteiger partial charge in [0, 0.05) is 45.6 Å². The van der Waals surface area contributed by atoms with Crippen molar-refractivity contribution in [1.29, 1.82) is 0 Å². The molecular weight excluding hydrogens is 618 g/mol. The Morgan fingerprint density at radius 2 is 1.58 bits per heavy atom. The summed E-state index contributed by atoms with van der Waals surface area (Å²) in [7, 11) is 0. The van der Waals surface area contributed by atoms with Crippen LogP contribution in [0.25, 0.3) is 0 Å². The molecule has 0 heterocycles. The summed E-state index contributed by atoms with van der Waals surface area (Å²) in [6.07, 6.45) is -0.394. The van der Waals surface area contributed by atoms with E-state index in [-0.39, 0.29) is 39.8 Å². The number of halogens is 7. The summed E-state index contributed by atoms with van der Waals surface area (Å²) in [6.45, 7) is 1.32. The van der Waals surface area contributed by atoms with Gasteiger partial charge in [-0.05, 0) is 60.5 Å². The Bertz CT molecular complexity index is 1460. The number of benzene rings is 3. The number of ketones is 2. The smallest absolute Gasteiger partial charge is 0.231 e. The number of anilines is 1. The maximum atomic E-state index is 14.2. The van der Waals surface area contributed by atoms with Gasteiger partial charge in [0.2, 0.25) is 5.91 Å². The maximum Gasteiger partial charge on any atom is 0.231 e. The van der Waals surface area contributed by atoms with Crippen LogP contribution < -0.4 is 5.32 Å². The normalized spacial score (nSPS) is 17.7. The molecule has 1 N–H and O–H groups in total. The van der Waals surface area contributed by atoms with E-state index >= 15 is 0 Å². The molecule has 38 heavy (non-hydrogen) atoms. The van der Waals surface area contributed by atoms with E-state index in [2.05, 4.69) is 5.32 Å². The third-order valence-corrected chi connectivity index (χ3v) is 8.33. The fourth-order valence-corrected chi connectivity index (χ4v) is 6.20. The minimum absolute atomic E-state index is 0.00980. The predicted octanol–water partition coefficient (Wildman–Crippen LogP) is 8.52. The molecule has 4 rings (SSSR count). The summed E-state index contributed by atoms with van der Waals surface area (Å²) in [5, 5.41) is 3.66. The number of amides is 1. The molecule has 3 aromatic rings. The molecule has 1 fully saturated rings. The van der Waals surface area contributed by atoms with E-state index in [0.717, 1.165) is 6.07 Å². The third-order valence-electron chi connectivity index (χ3n) is 6.16. The first-order valence-electron chi connectivity index (χ1n) is 11.2. The van der Waals surface area contributed by atoms with Crippen LogP contribution in [-0.2, 0) is 22.4 Å². The quantitative estimate of drug-likeness (QED) is 0.199. The number of rotatable bonds is 8. The number of hydrogen-bond donors (Lipinski definition) is 1. The standard InChI is InChI=1S/C27H18Cl6FNO3/c1-12(36)6-19-21(34)5-2-13(25(19)31)9-22(37)18-11-17(3-4-20(18)30)35-26(38)24-23(27(24,32)33)14-7-15(28)10-16(29)8-14/h2-5,7-8,10-11,23-24H,6,9H2,1H3,(H,35,38). The van der Waals surface area contributed by atoms with Crippen LogP contribution in [0.15, 0.2) is 48.5 Å². The van der Waals surface area contributed by atoms with E-state index in [1.165, 1.54) is 31.2 Å². The van der Waals surface area contributed by atoms with Crippen LogP contribution in [0, 0.1) is 11.7 Å². The zero-order valence-corrected chi connectivity index (χ0v) is 24.1. The van der Waals surface area contributed by atoms with Crippen molar-refractivity contribution in [2.75, 3.05) is 5.32 Å². The van der Waals surface area contributed by atoms with Crippen molar-refractivity contribution in [3.8, 4) is 0 Å². The van der Waals surface area contributed by atoms with Crippen molar-refractivity contribution >= 4 is 92.8 Å². The summed E-state index contributed by atoms with van der Waals surface area (Å²) in [6, 6.07) is 11.8. The van der Waals surface area contributed by atoms with Crippen LogP contribution >= 0.6 is 69.6 Å². The number of hydrogen-bond acceptors (Lipinski definition) is 3. The SMILES string of the molecule is CC(=O)Cc1c(F)ccc(CC(=O)c2cc(NC(=O)C3C(c4cc(Cl)cc(Cl)c4)C3(Cl)Cl)ccc2Cl)c1Cl. The second kappa shape index (κ2) is 11.3. The summed E-state index contributed by atoms with van der Waals surface area (Å²) in [5.41, 5.74) is 1.41. The number of alkyl halides is 2. The lowest BCUT2D eigenvalue weighted by molar-refractivity contribution is -0.117. The van der Waals surface area contributed by atoms with Crippen LogP contribution in [0.3, 0.4) is 0 Å². The number of carbonyl (C=O) groups excluding carboxylic acids is 3. The monoisotopic (exact) mass is 633 g/mol. The average Bonchev–Trinajstić information content (AvgIpc) is 3.41. The van der Waals surface area contributed by atoms with Gasteiger partial charge in [0.15, 0.2) is 5.78 Å². The number of nitrogens with one attached hydrogen (secondary N) is 1. The molecule has 1 aliphatic rings. The summed E-state index contributed by atoms with van der Waals surface area (Å²) in [5.74, 6) is -3.12. The van der Waals surface area contributed by atoms with Crippen LogP contribution in [0.1, 0.15) is 39.9 Å². The first kappa shape index (κ1) is 29.1. The Hall–Kier alpha value is -1.86. The summed E-state index contributed by atoms with van der Waals surface area (Å²) >= 11 is 37.6. The zero-order valence-electron chi connectivity index (χ0n) is 19.6. The third kappa shape index (κ3) is 6.14. The second-order valence-electron chi connectivity index (χ2n) is 8.99. The Labute approximate surface area is 248 Å². The Kier molecular flexibility index (Phi) is 8.68. The van der Waals surface area contributed by atoms with Gasteiger partial charge in [-0.15, -0.1) is 23.2 Å². The van der Waals surface area contributed by atoms with Crippen molar-refractivity contribution in [1.82, 2.24) is 0 Å². The van der Waals surface area contributed by atoms with Crippen molar-refractivity contribution in [3.05, 3.63) is 96.7 Å². The van der Waals surface area contributed by atoms with Gasteiger partial charge in [0.25, 0.3) is 0 Å². The highest BCUT2D eigenvalue weighted by molar-refractivity contribution is 6.53. The minimum atomic E-state index is -1.37. The van der Waals surface area contributed by atoms with Crippen molar-refractivity contribution in [2.24, 2.45) is 5.92 Å². The summed E-state index contributed by atoms with van der Waals surface area (Å²) < 4.78 is 12.8.